The maximum absolute atomic E-state index is 12.7. The summed E-state index contributed by atoms with van der Waals surface area (Å²) in [5.41, 5.74) is 7.51. The Morgan fingerprint density at radius 3 is 2.73 bits per heavy atom. The second-order valence-electron chi connectivity index (χ2n) is 5.62. The molecule has 2 amide bonds. The lowest BCUT2D eigenvalue weighted by molar-refractivity contribution is -0.129. The highest BCUT2D eigenvalue weighted by molar-refractivity contribution is 6.08. The molecule has 0 spiro atoms. The van der Waals surface area contributed by atoms with Gasteiger partial charge in [-0.2, -0.15) is 0 Å². The number of benzene rings is 2. The van der Waals surface area contributed by atoms with Gasteiger partial charge in [0.2, 0.25) is 12.3 Å². The molecular formula is C17H19N3O2. The van der Waals surface area contributed by atoms with E-state index in [1.54, 1.807) is 16.8 Å². The molecule has 114 valence electrons. The van der Waals surface area contributed by atoms with Crippen molar-refractivity contribution in [2.75, 3.05) is 24.2 Å². The number of nitrogens with two attached hydrogens (primary N) is 1. The highest BCUT2D eigenvalue weighted by Gasteiger charge is 2.32. The number of fused-ring (bicyclic) bond motifs is 1. The monoisotopic (exact) mass is 297 g/mol. The molecule has 2 aromatic carbocycles. The maximum Gasteiger partial charge on any atom is 0.249 e. The molecule has 1 unspecified atom stereocenters. The molecule has 1 atom stereocenters. The minimum Gasteiger partial charge on any atom is -0.398 e. The third-order valence-electron chi connectivity index (χ3n) is 4.34. The van der Waals surface area contributed by atoms with Crippen molar-refractivity contribution in [3.05, 3.63) is 36.4 Å². The van der Waals surface area contributed by atoms with Crippen molar-refractivity contribution in [3.63, 3.8) is 0 Å². The van der Waals surface area contributed by atoms with E-state index in [0.717, 1.165) is 35.7 Å². The Balaban J connectivity index is 1.99. The van der Waals surface area contributed by atoms with Crippen molar-refractivity contribution in [2.24, 2.45) is 0 Å². The molecule has 0 saturated carbocycles. The van der Waals surface area contributed by atoms with E-state index in [0.29, 0.717) is 12.2 Å². The number of carbonyl (C=O) groups excluding carboxylic acids is 2. The summed E-state index contributed by atoms with van der Waals surface area (Å²) < 4.78 is 0. The predicted molar refractivity (Wildman–Crippen MR) is 87.6 cm³/mol. The highest BCUT2D eigenvalue weighted by atomic mass is 16.2. The van der Waals surface area contributed by atoms with E-state index >= 15 is 0 Å². The van der Waals surface area contributed by atoms with Crippen molar-refractivity contribution in [2.45, 2.75) is 18.9 Å². The van der Waals surface area contributed by atoms with Crippen LogP contribution in [0.4, 0.5) is 11.4 Å². The molecule has 0 aliphatic carbocycles. The average molecular weight is 297 g/mol. The molecule has 0 bridgehead atoms. The average Bonchev–Trinajstić information content (AvgIpc) is 3.03. The molecule has 1 heterocycles. The van der Waals surface area contributed by atoms with Gasteiger partial charge in [-0.15, -0.1) is 0 Å². The first kappa shape index (κ1) is 14.4. The predicted octanol–water partition coefficient (Wildman–Crippen LogP) is 2.01. The summed E-state index contributed by atoms with van der Waals surface area (Å²) in [5, 5.41) is 1.87. The molecule has 1 aliphatic rings. The van der Waals surface area contributed by atoms with Gasteiger partial charge < -0.3 is 15.5 Å². The van der Waals surface area contributed by atoms with Crippen LogP contribution in [-0.2, 0) is 9.59 Å². The Bertz CT molecular complexity index is 729. The zero-order chi connectivity index (χ0) is 15.7. The van der Waals surface area contributed by atoms with Gasteiger partial charge in [0.25, 0.3) is 0 Å². The van der Waals surface area contributed by atoms with E-state index in [-0.39, 0.29) is 11.9 Å². The molecule has 3 rings (SSSR count). The number of anilines is 2. The highest BCUT2D eigenvalue weighted by Crippen LogP contribution is 2.31. The Kier molecular flexibility index (Phi) is 3.71. The molecule has 1 fully saturated rings. The number of likely N-dealkylation sites (tertiary alicyclic amines) is 1. The summed E-state index contributed by atoms with van der Waals surface area (Å²) in [4.78, 5) is 27.0. The number of amides is 2. The SMILES string of the molecule is CN(C(=O)C1CCCN1C=O)c1ccc(N)c2ccccc12. The quantitative estimate of drug-likeness (QED) is 0.696. The van der Waals surface area contributed by atoms with Gasteiger partial charge in [0.1, 0.15) is 6.04 Å². The van der Waals surface area contributed by atoms with Crippen molar-refractivity contribution >= 4 is 34.5 Å². The minimum atomic E-state index is -0.362. The van der Waals surface area contributed by atoms with Crippen LogP contribution in [0.15, 0.2) is 36.4 Å². The fourth-order valence-electron chi connectivity index (χ4n) is 3.12. The second kappa shape index (κ2) is 5.67. The van der Waals surface area contributed by atoms with E-state index in [1.807, 2.05) is 36.4 Å². The number of carbonyl (C=O) groups is 2. The van der Waals surface area contributed by atoms with Gasteiger partial charge >= 0.3 is 0 Å². The van der Waals surface area contributed by atoms with Crippen LogP contribution in [0.3, 0.4) is 0 Å². The first-order valence-electron chi connectivity index (χ1n) is 7.39. The fraction of sp³-hybridized carbons (Fsp3) is 0.294. The van der Waals surface area contributed by atoms with Gasteiger partial charge in [0, 0.05) is 30.1 Å². The molecule has 2 aromatic rings. The Morgan fingerprint density at radius 2 is 2.00 bits per heavy atom. The van der Waals surface area contributed by atoms with Crippen molar-refractivity contribution in [3.8, 4) is 0 Å². The second-order valence-corrected chi connectivity index (χ2v) is 5.62. The first-order chi connectivity index (χ1) is 10.6. The van der Waals surface area contributed by atoms with Gasteiger partial charge in [0.05, 0.1) is 5.69 Å². The molecule has 22 heavy (non-hydrogen) atoms. The zero-order valence-electron chi connectivity index (χ0n) is 12.5. The summed E-state index contributed by atoms with van der Waals surface area (Å²) >= 11 is 0. The van der Waals surface area contributed by atoms with Crippen LogP contribution in [0.1, 0.15) is 12.8 Å². The molecule has 5 nitrogen and oxygen atoms in total. The van der Waals surface area contributed by atoms with E-state index in [1.165, 1.54) is 0 Å². The smallest absolute Gasteiger partial charge is 0.249 e. The Hall–Kier alpha value is -2.56. The minimum absolute atomic E-state index is 0.0560. The van der Waals surface area contributed by atoms with Crippen LogP contribution in [0.2, 0.25) is 0 Å². The van der Waals surface area contributed by atoms with Gasteiger partial charge in [0.15, 0.2) is 0 Å². The Morgan fingerprint density at radius 1 is 1.27 bits per heavy atom. The van der Waals surface area contributed by atoms with Crippen LogP contribution in [0.5, 0.6) is 0 Å². The third-order valence-corrected chi connectivity index (χ3v) is 4.34. The maximum atomic E-state index is 12.7. The van der Waals surface area contributed by atoms with Crippen molar-refractivity contribution in [1.82, 2.24) is 4.90 Å². The number of nitrogens with zero attached hydrogens (tertiary/aromatic N) is 2. The van der Waals surface area contributed by atoms with Crippen LogP contribution in [-0.4, -0.2) is 36.9 Å². The van der Waals surface area contributed by atoms with Crippen molar-refractivity contribution in [1.29, 1.82) is 0 Å². The lowest BCUT2D eigenvalue weighted by Gasteiger charge is -2.26. The molecule has 1 aliphatic heterocycles. The van der Waals surface area contributed by atoms with Crippen LogP contribution < -0.4 is 10.6 Å². The summed E-state index contributed by atoms with van der Waals surface area (Å²) in [7, 11) is 1.75. The molecule has 2 N–H and O–H groups in total. The summed E-state index contributed by atoms with van der Waals surface area (Å²) in [6, 6.07) is 11.1. The van der Waals surface area contributed by atoms with Crippen LogP contribution in [0.25, 0.3) is 10.8 Å². The topological polar surface area (TPSA) is 66.6 Å². The molecule has 0 aromatic heterocycles. The molecule has 1 saturated heterocycles. The lowest BCUT2D eigenvalue weighted by Crippen LogP contribution is -2.43. The van der Waals surface area contributed by atoms with E-state index in [4.69, 9.17) is 5.73 Å². The van der Waals surface area contributed by atoms with Crippen LogP contribution in [0, 0.1) is 0 Å². The van der Waals surface area contributed by atoms with Crippen molar-refractivity contribution < 1.29 is 9.59 Å². The van der Waals surface area contributed by atoms with E-state index < -0.39 is 0 Å². The standard InChI is InChI=1S/C17H19N3O2/c1-19(17(22)16-7-4-10-20(16)11-21)15-9-8-14(18)12-5-2-3-6-13(12)15/h2-3,5-6,8-9,11,16H,4,7,10,18H2,1H3. The number of hydrogen-bond acceptors (Lipinski definition) is 3. The summed E-state index contributed by atoms with van der Waals surface area (Å²) in [6.45, 7) is 0.649. The zero-order valence-corrected chi connectivity index (χ0v) is 12.5. The largest absolute Gasteiger partial charge is 0.398 e. The van der Waals surface area contributed by atoms with Gasteiger partial charge in [-0.3, -0.25) is 9.59 Å². The number of likely N-dealkylation sites (N-methyl/N-ethyl adjacent to an activating group) is 1. The molecule has 0 radical (unpaired) electrons. The molecular weight excluding hydrogens is 278 g/mol. The number of rotatable bonds is 3. The fourth-order valence-corrected chi connectivity index (χ4v) is 3.12. The summed E-state index contributed by atoms with van der Waals surface area (Å²) in [5.74, 6) is -0.0560. The van der Waals surface area contributed by atoms with Crippen LogP contribution >= 0.6 is 0 Å². The van der Waals surface area contributed by atoms with E-state index in [9.17, 15) is 9.59 Å². The van der Waals surface area contributed by atoms with Gasteiger partial charge in [-0.1, -0.05) is 24.3 Å². The van der Waals surface area contributed by atoms with Gasteiger partial charge in [-0.25, -0.2) is 0 Å². The normalized spacial score (nSPS) is 17.7. The number of nitrogen functional groups attached to an aromatic ring is 1. The lowest BCUT2D eigenvalue weighted by atomic mass is 10.1. The summed E-state index contributed by atoms with van der Waals surface area (Å²) in [6.07, 6.45) is 2.35. The van der Waals surface area contributed by atoms with Gasteiger partial charge in [-0.05, 0) is 25.0 Å². The Labute approximate surface area is 129 Å². The first-order valence-corrected chi connectivity index (χ1v) is 7.39. The third kappa shape index (κ3) is 2.28. The molecule has 5 heteroatoms. The number of hydrogen-bond donors (Lipinski definition) is 1. The van der Waals surface area contributed by atoms with E-state index in [2.05, 4.69) is 0 Å².